The van der Waals surface area contributed by atoms with Crippen LogP contribution in [0.1, 0.15) is 18.9 Å². The summed E-state index contributed by atoms with van der Waals surface area (Å²) >= 11 is 0. The molecule has 0 aliphatic carbocycles. The molecule has 1 heterocycles. The van der Waals surface area contributed by atoms with E-state index in [1.54, 1.807) is 24.4 Å². The molecule has 0 bridgehead atoms. The van der Waals surface area contributed by atoms with E-state index in [1.807, 2.05) is 12.1 Å². The molecule has 0 unspecified atom stereocenters. The number of hydrogen-bond donors (Lipinski definition) is 1. The highest BCUT2D eigenvalue weighted by atomic mass is 16.5. The molecule has 0 aromatic carbocycles. The van der Waals surface area contributed by atoms with Gasteiger partial charge in [-0.05, 0) is 11.6 Å². The van der Waals surface area contributed by atoms with Gasteiger partial charge in [0.15, 0.2) is 0 Å². The summed E-state index contributed by atoms with van der Waals surface area (Å²) in [5.74, 6) is -0.141. The van der Waals surface area contributed by atoms with Gasteiger partial charge in [0, 0.05) is 52.5 Å². The number of nitrogens with zero attached hydrogens (tertiary/aromatic N) is 2. The van der Waals surface area contributed by atoms with E-state index >= 15 is 0 Å². The second kappa shape index (κ2) is 9.03. The molecule has 110 valence electrons. The standard InChI is InChI=1S/C14H21N3O3/c1-12(18)17(11-13-4-3-6-15-10-13)8-5-14(19)16-7-9-20-2/h3-4,6,10H,5,7-9,11H2,1-2H3,(H,16,19). The maximum absolute atomic E-state index is 11.6. The van der Waals surface area contributed by atoms with Crippen molar-refractivity contribution in [3.63, 3.8) is 0 Å². The van der Waals surface area contributed by atoms with Crippen LogP contribution in [0.25, 0.3) is 0 Å². The Morgan fingerprint density at radius 1 is 1.45 bits per heavy atom. The molecule has 6 heteroatoms. The van der Waals surface area contributed by atoms with Crippen LogP contribution in [0.3, 0.4) is 0 Å². The van der Waals surface area contributed by atoms with E-state index in [9.17, 15) is 9.59 Å². The summed E-state index contributed by atoms with van der Waals surface area (Å²) < 4.78 is 4.85. The maximum atomic E-state index is 11.6. The summed E-state index contributed by atoms with van der Waals surface area (Å²) in [6.45, 7) is 3.33. The number of carbonyl (C=O) groups excluding carboxylic acids is 2. The SMILES string of the molecule is COCCNC(=O)CCN(Cc1cccnc1)C(C)=O. The summed E-state index contributed by atoms with van der Waals surface area (Å²) in [5, 5.41) is 2.73. The molecule has 1 aromatic rings. The third-order valence-corrected chi connectivity index (χ3v) is 2.78. The molecule has 2 amide bonds. The zero-order valence-corrected chi connectivity index (χ0v) is 12.0. The minimum Gasteiger partial charge on any atom is -0.383 e. The van der Waals surface area contributed by atoms with Crippen LogP contribution in [-0.4, -0.2) is 48.5 Å². The third-order valence-electron chi connectivity index (χ3n) is 2.78. The molecule has 0 fully saturated rings. The first-order valence-corrected chi connectivity index (χ1v) is 6.53. The van der Waals surface area contributed by atoms with Crippen molar-refractivity contribution in [2.24, 2.45) is 0 Å². The van der Waals surface area contributed by atoms with E-state index in [0.717, 1.165) is 5.56 Å². The number of amides is 2. The molecule has 0 spiro atoms. The molecular weight excluding hydrogens is 258 g/mol. The first kappa shape index (κ1) is 16.1. The van der Waals surface area contributed by atoms with E-state index in [4.69, 9.17) is 4.74 Å². The fraction of sp³-hybridized carbons (Fsp3) is 0.500. The van der Waals surface area contributed by atoms with Crippen LogP contribution in [0.15, 0.2) is 24.5 Å². The van der Waals surface area contributed by atoms with Crippen molar-refractivity contribution in [2.75, 3.05) is 26.8 Å². The normalized spacial score (nSPS) is 10.1. The Morgan fingerprint density at radius 2 is 2.25 bits per heavy atom. The molecule has 1 aromatic heterocycles. The van der Waals surface area contributed by atoms with Crippen LogP contribution in [0.5, 0.6) is 0 Å². The fourth-order valence-corrected chi connectivity index (χ4v) is 1.68. The van der Waals surface area contributed by atoms with Crippen molar-refractivity contribution >= 4 is 11.8 Å². The van der Waals surface area contributed by atoms with Crippen molar-refractivity contribution in [3.8, 4) is 0 Å². The zero-order chi connectivity index (χ0) is 14.8. The van der Waals surface area contributed by atoms with Crippen LogP contribution >= 0.6 is 0 Å². The van der Waals surface area contributed by atoms with Crippen molar-refractivity contribution in [1.29, 1.82) is 0 Å². The van der Waals surface area contributed by atoms with E-state index in [2.05, 4.69) is 10.3 Å². The third kappa shape index (κ3) is 6.29. The van der Waals surface area contributed by atoms with E-state index < -0.39 is 0 Å². The number of rotatable bonds is 8. The second-order valence-electron chi connectivity index (χ2n) is 4.39. The van der Waals surface area contributed by atoms with Gasteiger partial charge < -0.3 is 15.0 Å². The summed E-state index contributed by atoms with van der Waals surface area (Å²) in [6, 6.07) is 3.73. The molecular formula is C14H21N3O3. The van der Waals surface area contributed by atoms with Gasteiger partial charge in [-0.2, -0.15) is 0 Å². The van der Waals surface area contributed by atoms with Gasteiger partial charge in [0.2, 0.25) is 11.8 Å². The lowest BCUT2D eigenvalue weighted by Gasteiger charge is -2.20. The molecule has 0 aliphatic rings. The summed E-state index contributed by atoms with van der Waals surface area (Å²) in [4.78, 5) is 28.8. The number of carbonyl (C=O) groups is 2. The van der Waals surface area contributed by atoms with Gasteiger partial charge in [-0.15, -0.1) is 0 Å². The quantitative estimate of drug-likeness (QED) is 0.707. The zero-order valence-electron chi connectivity index (χ0n) is 12.0. The molecule has 0 saturated carbocycles. The summed E-state index contributed by atoms with van der Waals surface area (Å²) in [7, 11) is 1.58. The Kier molecular flexibility index (Phi) is 7.27. The van der Waals surface area contributed by atoms with Crippen molar-refractivity contribution in [2.45, 2.75) is 19.9 Å². The predicted molar refractivity (Wildman–Crippen MR) is 74.8 cm³/mol. The highest BCUT2D eigenvalue weighted by Gasteiger charge is 2.11. The lowest BCUT2D eigenvalue weighted by molar-refractivity contribution is -0.130. The Morgan fingerprint density at radius 3 is 2.85 bits per heavy atom. The van der Waals surface area contributed by atoms with Gasteiger partial charge in [0.05, 0.1) is 6.61 Å². The van der Waals surface area contributed by atoms with Gasteiger partial charge in [-0.3, -0.25) is 14.6 Å². The van der Waals surface area contributed by atoms with Crippen molar-refractivity contribution in [1.82, 2.24) is 15.2 Å². The van der Waals surface area contributed by atoms with E-state index in [0.29, 0.717) is 26.2 Å². The molecule has 20 heavy (non-hydrogen) atoms. The first-order valence-electron chi connectivity index (χ1n) is 6.53. The number of nitrogens with one attached hydrogen (secondary N) is 1. The molecule has 0 saturated heterocycles. The average Bonchev–Trinajstić information content (AvgIpc) is 2.44. The number of hydrogen-bond acceptors (Lipinski definition) is 4. The van der Waals surface area contributed by atoms with Crippen LogP contribution in [0.4, 0.5) is 0 Å². The summed E-state index contributed by atoms with van der Waals surface area (Å²) in [6.07, 6.45) is 3.68. The van der Waals surface area contributed by atoms with Gasteiger partial charge in [-0.1, -0.05) is 6.07 Å². The molecule has 0 aliphatic heterocycles. The Balaban J connectivity index is 2.40. The van der Waals surface area contributed by atoms with Crippen LogP contribution in [0, 0.1) is 0 Å². The van der Waals surface area contributed by atoms with Gasteiger partial charge in [0.1, 0.15) is 0 Å². The monoisotopic (exact) mass is 279 g/mol. The molecule has 6 nitrogen and oxygen atoms in total. The van der Waals surface area contributed by atoms with E-state index in [1.165, 1.54) is 6.92 Å². The lowest BCUT2D eigenvalue weighted by atomic mass is 10.2. The Labute approximate surface area is 119 Å². The minimum absolute atomic E-state index is 0.0569. The molecule has 0 radical (unpaired) electrons. The number of methoxy groups -OCH3 is 1. The largest absolute Gasteiger partial charge is 0.383 e. The maximum Gasteiger partial charge on any atom is 0.221 e. The predicted octanol–water partition coefficient (Wildman–Crippen LogP) is 0.583. The topological polar surface area (TPSA) is 71.5 Å². The van der Waals surface area contributed by atoms with Crippen LogP contribution in [0.2, 0.25) is 0 Å². The highest BCUT2D eigenvalue weighted by Crippen LogP contribution is 2.04. The first-order chi connectivity index (χ1) is 9.63. The van der Waals surface area contributed by atoms with Gasteiger partial charge >= 0.3 is 0 Å². The summed E-state index contributed by atoms with van der Waals surface area (Å²) in [5.41, 5.74) is 0.947. The number of ether oxygens (including phenoxy) is 1. The smallest absolute Gasteiger partial charge is 0.221 e. The highest BCUT2D eigenvalue weighted by molar-refractivity contribution is 5.77. The van der Waals surface area contributed by atoms with Gasteiger partial charge in [0.25, 0.3) is 0 Å². The molecule has 1 N–H and O–H groups in total. The lowest BCUT2D eigenvalue weighted by Crippen LogP contribution is -2.34. The fourth-order valence-electron chi connectivity index (χ4n) is 1.68. The molecule has 1 rings (SSSR count). The Hall–Kier alpha value is -1.95. The van der Waals surface area contributed by atoms with E-state index in [-0.39, 0.29) is 18.2 Å². The van der Waals surface area contributed by atoms with Crippen LogP contribution < -0.4 is 5.32 Å². The number of aromatic nitrogens is 1. The van der Waals surface area contributed by atoms with Gasteiger partial charge in [-0.25, -0.2) is 0 Å². The number of pyridine rings is 1. The second-order valence-corrected chi connectivity index (χ2v) is 4.39. The molecule has 0 atom stereocenters. The minimum atomic E-state index is -0.0838. The average molecular weight is 279 g/mol. The van der Waals surface area contributed by atoms with Crippen molar-refractivity contribution in [3.05, 3.63) is 30.1 Å². The Bertz CT molecular complexity index is 423. The van der Waals surface area contributed by atoms with Crippen LogP contribution in [-0.2, 0) is 20.9 Å². The van der Waals surface area contributed by atoms with Crippen molar-refractivity contribution < 1.29 is 14.3 Å².